The molecule has 1 heterocycles. The third-order valence-corrected chi connectivity index (χ3v) is 3.79. The first-order valence-electron chi connectivity index (χ1n) is 7.17. The molecule has 0 aliphatic heterocycles. The number of halogens is 1. The summed E-state index contributed by atoms with van der Waals surface area (Å²) < 4.78 is 5.87. The number of rotatable bonds is 6. The van der Waals surface area contributed by atoms with Crippen LogP contribution >= 0.6 is 11.6 Å². The SMILES string of the molecule is CCNC(C)c1ccc(OCc2ccncc2Cl)c(C)c1. The molecular formula is C17H21ClN2O. The number of nitrogens with zero attached hydrogens (tertiary/aromatic N) is 1. The number of benzene rings is 1. The van der Waals surface area contributed by atoms with E-state index in [9.17, 15) is 0 Å². The summed E-state index contributed by atoms with van der Waals surface area (Å²) >= 11 is 6.08. The fourth-order valence-electron chi connectivity index (χ4n) is 2.20. The van der Waals surface area contributed by atoms with Crippen molar-refractivity contribution < 1.29 is 4.74 Å². The van der Waals surface area contributed by atoms with E-state index < -0.39 is 0 Å². The highest BCUT2D eigenvalue weighted by Gasteiger charge is 2.08. The zero-order valence-electron chi connectivity index (χ0n) is 12.7. The zero-order chi connectivity index (χ0) is 15.2. The molecular weight excluding hydrogens is 284 g/mol. The van der Waals surface area contributed by atoms with Gasteiger partial charge < -0.3 is 10.1 Å². The Balaban J connectivity index is 2.06. The highest BCUT2D eigenvalue weighted by atomic mass is 35.5. The molecule has 21 heavy (non-hydrogen) atoms. The predicted molar refractivity (Wildman–Crippen MR) is 86.8 cm³/mol. The van der Waals surface area contributed by atoms with Crippen molar-refractivity contribution in [2.24, 2.45) is 0 Å². The first-order chi connectivity index (χ1) is 10.1. The van der Waals surface area contributed by atoms with E-state index in [0.717, 1.165) is 23.4 Å². The van der Waals surface area contributed by atoms with Crippen LogP contribution in [0, 0.1) is 6.92 Å². The van der Waals surface area contributed by atoms with Gasteiger partial charge in [-0.3, -0.25) is 4.98 Å². The standard InChI is InChI=1S/C17H21ClN2O/c1-4-20-13(3)14-5-6-17(12(2)9-14)21-11-15-7-8-19-10-16(15)18/h5-10,13,20H,4,11H2,1-3H3. The van der Waals surface area contributed by atoms with Gasteiger partial charge in [-0.25, -0.2) is 0 Å². The minimum atomic E-state index is 0.345. The smallest absolute Gasteiger partial charge is 0.122 e. The molecule has 0 aliphatic rings. The number of hydrogen-bond donors (Lipinski definition) is 1. The highest BCUT2D eigenvalue weighted by molar-refractivity contribution is 6.31. The minimum Gasteiger partial charge on any atom is -0.489 e. The fraction of sp³-hybridized carbons (Fsp3) is 0.353. The summed E-state index contributed by atoms with van der Waals surface area (Å²) in [4.78, 5) is 3.97. The lowest BCUT2D eigenvalue weighted by Crippen LogP contribution is -2.17. The maximum Gasteiger partial charge on any atom is 0.122 e. The van der Waals surface area contributed by atoms with Gasteiger partial charge in [0.2, 0.25) is 0 Å². The average Bonchev–Trinajstić information content (AvgIpc) is 2.47. The largest absolute Gasteiger partial charge is 0.489 e. The van der Waals surface area contributed by atoms with E-state index in [-0.39, 0.29) is 0 Å². The average molecular weight is 305 g/mol. The van der Waals surface area contributed by atoms with Crippen molar-refractivity contribution in [2.75, 3.05) is 6.54 Å². The second-order valence-corrected chi connectivity index (χ2v) is 5.47. The van der Waals surface area contributed by atoms with Gasteiger partial charge in [-0.2, -0.15) is 0 Å². The fourth-order valence-corrected chi connectivity index (χ4v) is 2.38. The number of ether oxygens (including phenoxy) is 1. The monoisotopic (exact) mass is 304 g/mol. The van der Waals surface area contributed by atoms with Gasteiger partial charge in [0.1, 0.15) is 12.4 Å². The highest BCUT2D eigenvalue weighted by Crippen LogP contribution is 2.24. The van der Waals surface area contributed by atoms with Gasteiger partial charge in [0.05, 0.1) is 5.02 Å². The lowest BCUT2D eigenvalue weighted by atomic mass is 10.1. The van der Waals surface area contributed by atoms with Crippen LogP contribution in [0.1, 0.15) is 36.6 Å². The van der Waals surface area contributed by atoms with Crippen molar-refractivity contribution in [3.05, 3.63) is 58.4 Å². The van der Waals surface area contributed by atoms with E-state index >= 15 is 0 Å². The van der Waals surface area contributed by atoms with Crippen LogP contribution in [0.5, 0.6) is 5.75 Å². The maximum absolute atomic E-state index is 6.08. The Bertz CT molecular complexity index is 601. The molecule has 1 aromatic heterocycles. The summed E-state index contributed by atoms with van der Waals surface area (Å²) in [5.74, 6) is 0.885. The van der Waals surface area contributed by atoms with Crippen LogP contribution in [-0.4, -0.2) is 11.5 Å². The Labute approximate surface area is 131 Å². The Morgan fingerprint density at radius 2 is 2.14 bits per heavy atom. The van der Waals surface area contributed by atoms with E-state index in [2.05, 4.69) is 43.2 Å². The molecule has 1 aromatic carbocycles. The first-order valence-corrected chi connectivity index (χ1v) is 7.54. The van der Waals surface area contributed by atoms with Gasteiger partial charge in [0.15, 0.2) is 0 Å². The molecule has 1 N–H and O–H groups in total. The molecule has 2 rings (SSSR count). The maximum atomic E-state index is 6.08. The summed E-state index contributed by atoms with van der Waals surface area (Å²) in [5.41, 5.74) is 3.34. The molecule has 3 nitrogen and oxygen atoms in total. The lowest BCUT2D eigenvalue weighted by Gasteiger charge is -2.16. The first kappa shape index (κ1) is 15.8. The Hall–Kier alpha value is -1.58. The number of hydrogen-bond acceptors (Lipinski definition) is 3. The third kappa shape index (κ3) is 4.19. The molecule has 1 unspecified atom stereocenters. The van der Waals surface area contributed by atoms with Crippen LogP contribution in [0.15, 0.2) is 36.7 Å². The molecule has 0 bridgehead atoms. The zero-order valence-corrected chi connectivity index (χ0v) is 13.4. The van der Waals surface area contributed by atoms with E-state index in [1.807, 2.05) is 12.1 Å². The number of aryl methyl sites for hydroxylation is 1. The van der Waals surface area contributed by atoms with Gasteiger partial charge in [0, 0.05) is 24.0 Å². The molecule has 4 heteroatoms. The van der Waals surface area contributed by atoms with Gasteiger partial charge in [-0.15, -0.1) is 0 Å². The number of nitrogens with one attached hydrogen (secondary N) is 1. The van der Waals surface area contributed by atoms with Crippen LogP contribution in [0.3, 0.4) is 0 Å². The quantitative estimate of drug-likeness (QED) is 0.864. The van der Waals surface area contributed by atoms with Crippen molar-refractivity contribution in [1.29, 1.82) is 0 Å². The summed E-state index contributed by atoms with van der Waals surface area (Å²) in [6.07, 6.45) is 3.35. The van der Waals surface area contributed by atoms with Gasteiger partial charge in [-0.05, 0) is 43.7 Å². The van der Waals surface area contributed by atoms with Crippen LogP contribution < -0.4 is 10.1 Å². The molecule has 1 atom stereocenters. The van der Waals surface area contributed by atoms with Crippen molar-refractivity contribution >= 4 is 11.6 Å². The van der Waals surface area contributed by atoms with Crippen LogP contribution in [0.25, 0.3) is 0 Å². The predicted octanol–water partition coefficient (Wildman–Crippen LogP) is 4.29. The van der Waals surface area contributed by atoms with E-state index in [4.69, 9.17) is 16.3 Å². The number of pyridine rings is 1. The van der Waals surface area contributed by atoms with Crippen molar-refractivity contribution in [3.63, 3.8) is 0 Å². The molecule has 0 saturated carbocycles. The van der Waals surface area contributed by atoms with E-state index in [1.165, 1.54) is 5.56 Å². The molecule has 0 amide bonds. The van der Waals surface area contributed by atoms with Gasteiger partial charge in [-0.1, -0.05) is 30.7 Å². The Morgan fingerprint density at radius 1 is 1.33 bits per heavy atom. The molecule has 0 aliphatic carbocycles. The number of aromatic nitrogens is 1. The molecule has 0 radical (unpaired) electrons. The topological polar surface area (TPSA) is 34.1 Å². The molecule has 112 valence electrons. The van der Waals surface area contributed by atoms with Crippen molar-refractivity contribution in [1.82, 2.24) is 10.3 Å². The summed E-state index contributed by atoms with van der Waals surface area (Å²) in [6, 6.07) is 8.51. The molecule has 0 saturated heterocycles. The molecule has 2 aromatic rings. The van der Waals surface area contributed by atoms with Crippen LogP contribution in [-0.2, 0) is 6.61 Å². The molecule has 0 fully saturated rings. The van der Waals surface area contributed by atoms with Gasteiger partial charge in [0.25, 0.3) is 0 Å². The van der Waals surface area contributed by atoms with Gasteiger partial charge >= 0.3 is 0 Å². The van der Waals surface area contributed by atoms with Crippen molar-refractivity contribution in [2.45, 2.75) is 33.4 Å². The van der Waals surface area contributed by atoms with E-state index in [0.29, 0.717) is 17.7 Å². The summed E-state index contributed by atoms with van der Waals surface area (Å²) in [5, 5.41) is 4.04. The second-order valence-electron chi connectivity index (χ2n) is 5.06. The third-order valence-electron chi connectivity index (χ3n) is 3.45. The Kier molecular flexibility index (Phi) is 5.59. The Morgan fingerprint density at radius 3 is 2.81 bits per heavy atom. The summed E-state index contributed by atoms with van der Waals surface area (Å²) in [6.45, 7) is 7.74. The molecule has 0 spiro atoms. The normalized spacial score (nSPS) is 12.2. The minimum absolute atomic E-state index is 0.345. The van der Waals surface area contributed by atoms with E-state index in [1.54, 1.807) is 12.4 Å². The van der Waals surface area contributed by atoms with Crippen LogP contribution in [0.4, 0.5) is 0 Å². The van der Waals surface area contributed by atoms with Crippen molar-refractivity contribution in [3.8, 4) is 5.75 Å². The second kappa shape index (κ2) is 7.43. The lowest BCUT2D eigenvalue weighted by molar-refractivity contribution is 0.304. The van der Waals surface area contributed by atoms with Crippen LogP contribution in [0.2, 0.25) is 5.02 Å². The summed E-state index contributed by atoms with van der Waals surface area (Å²) in [7, 11) is 0.